The quantitative estimate of drug-likeness (QED) is 0.0592. The Morgan fingerprint density at radius 2 is 1.49 bits per heavy atom. The molecule has 0 saturated carbocycles. The molecule has 0 spiro atoms. The predicted molar refractivity (Wildman–Crippen MR) is 187 cm³/mol. The maximum Gasteiger partial charge on any atom is 0.472 e. The van der Waals surface area contributed by atoms with Gasteiger partial charge in [0.05, 0.1) is 6.54 Å². The number of rotatable bonds is 9. The van der Waals surface area contributed by atoms with Crippen molar-refractivity contribution in [3.05, 3.63) is 111 Å². The Morgan fingerprint density at radius 1 is 0.887 bits per heavy atom. The van der Waals surface area contributed by atoms with Crippen LogP contribution in [0.4, 0.5) is 32.0 Å². The molecule has 1 aliphatic carbocycles. The summed E-state index contributed by atoms with van der Waals surface area (Å²) in [6, 6.07) is 19.6. The summed E-state index contributed by atoms with van der Waals surface area (Å²) in [5.74, 6) is -16.1. The van der Waals surface area contributed by atoms with Crippen molar-refractivity contribution in [3.8, 4) is 16.2 Å². The van der Waals surface area contributed by atoms with Crippen molar-refractivity contribution in [2.75, 3.05) is 18.0 Å². The number of phenols is 1. The smallest absolute Gasteiger partial charge is 0.472 e. The molecule has 0 radical (unpaired) electrons. The maximum absolute atomic E-state index is 15.6. The van der Waals surface area contributed by atoms with Crippen LogP contribution in [0.5, 0.6) is 5.75 Å². The molecule has 0 aliphatic heterocycles. The van der Waals surface area contributed by atoms with Crippen LogP contribution in [0, 0.1) is 18.8 Å². The first kappa shape index (κ1) is 41.1. The van der Waals surface area contributed by atoms with Gasteiger partial charge in [0.2, 0.25) is 0 Å². The number of aryl methyl sites for hydroxylation is 2. The van der Waals surface area contributed by atoms with E-state index in [2.05, 4.69) is 9.89 Å². The molecular weight excluding hydrogens is 778 g/mol. The summed E-state index contributed by atoms with van der Waals surface area (Å²) < 4.78 is 97.9. The van der Waals surface area contributed by atoms with E-state index >= 15 is 26.3 Å². The van der Waals surface area contributed by atoms with E-state index in [1.807, 2.05) is 19.9 Å². The van der Waals surface area contributed by atoms with Crippen LogP contribution in [0.2, 0.25) is 0 Å². The van der Waals surface area contributed by atoms with Gasteiger partial charge in [-0.25, -0.2) is 10.4 Å². The molecular formula is C37H34F6N3O5SZn+. The number of allylic oxidation sites excluding steroid dienone is 2. The fourth-order valence-electron chi connectivity index (χ4n) is 6.21. The van der Waals surface area contributed by atoms with Crippen molar-refractivity contribution in [2.24, 2.45) is 4.99 Å². The molecule has 8 nitrogen and oxygen atoms in total. The number of alkyl halides is 6. The molecule has 53 heavy (non-hydrogen) atoms. The van der Waals surface area contributed by atoms with Crippen LogP contribution in [0.15, 0.2) is 82.2 Å². The van der Waals surface area contributed by atoms with E-state index < -0.39 is 39.6 Å². The van der Waals surface area contributed by atoms with E-state index in [4.69, 9.17) is 19.7 Å². The first-order chi connectivity index (χ1) is 24.5. The summed E-state index contributed by atoms with van der Waals surface area (Å²) in [5.41, 5.74) is -0.616. The molecule has 5 aromatic rings. The Kier molecular flexibility index (Phi) is 12.2. The van der Waals surface area contributed by atoms with Gasteiger partial charge in [-0.1, -0.05) is 42.5 Å². The largest absolute Gasteiger partial charge is 0.507 e. The second-order valence-corrected chi connectivity index (χ2v) is 13.2. The van der Waals surface area contributed by atoms with Gasteiger partial charge in [0.15, 0.2) is 0 Å². The van der Waals surface area contributed by atoms with Gasteiger partial charge in [-0.15, -0.1) is 11.3 Å². The average molecular weight is 812 g/mol. The van der Waals surface area contributed by atoms with Crippen LogP contribution >= 0.6 is 11.3 Å². The fourth-order valence-corrected chi connectivity index (χ4v) is 7.24. The van der Waals surface area contributed by atoms with Gasteiger partial charge in [-0.05, 0) is 68.7 Å². The van der Waals surface area contributed by atoms with Gasteiger partial charge in [0.1, 0.15) is 22.0 Å². The van der Waals surface area contributed by atoms with E-state index in [-0.39, 0.29) is 58.9 Å². The van der Waals surface area contributed by atoms with Gasteiger partial charge >= 0.3 is 22.9 Å². The molecule has 0 bridgehead atoms. The minimum absolute atomic E-state index is 0. The van der Waals surface area contributed by atoms with Gasteiger partial charge in [0, 0.05) is 87.9 Å². The summed E-state index contributed by atoms with van der Waals surface area (Å²) in [5, 5.41) is 23.0. The SMILES string of the molecule is CCN(CC)c1ccc(C=NCc2ccc(-c3cc(C4=C(c5c(C)oc6ccccc56)C(F)(F)C(F)(F)C4(F)F)c(C)s3)cc2)c(O)c1.O=[N+](O)O.[Zn]. The number of phenolic OH excluding ortho intramolecular Hbond substituents is 1. The molecule has 2 aromatic heterocycles. The normalized spacial score (nSPS) is 15.7. The molecule has 16 heteroatoms. The van der Waals surface area contributed by atoms with Crippen molar-refractivity contribution in [2.45, 2.75) is 52.0 Å². The maximum atomic E-state index is 15.6. The van der Waals surface area contributed by atoms with Crippen molar-refractivity contribution >= 4 is 45.4 Å². The Hall–Kier alpha value is -4.69. The molecule has 1 aliphatic rings. The van der Waals surface area contributed by atoms with Crippen LogP contribution in [-0.2, 0) is 26.0 Å². The summed E-state index contributed by atoms with van der Waals surface area (Å²) in [4.78, 5) is 15.7. The molecule has 0 saturated heterocycles. The van der Waals surface area contributed by atoms with Crippen LogP contribution < -0.4 is 4.90 Å². The standard InChI is InChI=1S/C37H32F6N2O2S.H2NO3.Zn/c1-5-45(6-2)26-16-15-25(29(46)17-26)20-44-19-23-11-13-24(14-12-23)31-18-28(22(4)48-31)33-34(36(40,41)37(42,43)35(33,38)39)32-21(3)47-30-10-8-7-9-27(30)32;2-1(3)4;/h7-18,20,46H,5-6,19H2,1-4H3;(H2,2,3,4);/q;+1;. The first-order valence-electron chi connectivity index (χ1n) is 16.0. The number of anilines is 1. The molecule has 0 fully saturated rings. The van der Waals surface area contributed by atoms with Crippen molar-refractivity contribution in [1.82, 2.24) is 0 Å². The van der Waals surface area contributed by atoms with Crippen molar-refractivity contribution < 1.29 is 70.8 Å². The number of nitrogens with zero attached hydrogens (tertiary/aromatic N) is 3. The van der Waals surface area contributed by atoms with E-state index in [0.29, 0.717) is 16.0 Å². The van der Waals surface area contributed by atoms with Crippen molar-refractivity contribution in [1.29, 1.82) is 0 Å². The Labute approximate surface area is 317 Å². The summed E-state index contributed by atoms with van der Waals surface area (Å²) in [7, 11) is 0. The summed E-state index contributed by atoms with van der Waals surface area (Å²) in [6.07, 6.45) is 1.58. The van der Waals surface area contributed by atoms with Crippen LogP contribution in [0.25, 0.3) is 32.6 Å². The number of furan rings is 1. The monoisotopic (exact) mass is 810 g/mol. The fraction of sp³-hybridized carbons (Fsp3) is 0.270. The van der Waals surface area contributed by atoms with Gasteiger partial charge < -0.3 is 14.4 Å². The molecule has 3 N–H and O–H groups in total. The third-order valence-corrected chi connectivity index (χ3v) is 9.86. The molecule has 0 amide bonds. The van der Waals surface area contributed by atoms with E-state index in [1.54, 1.807) is 48.7 Å². The number of aromatic hydroxyl groups is 1. The number of hydrogen-bond acceptors (Lipinski definition) is 6. The zero-order chi connectivity index (χ0) is 38.2. The van der Waals surface area contributed by atoms with Gasteiger partial charge in [-0.2, -0.15) is 26.3 Å². The number of para-hydroxylation sites is 1. The Morgan fingerprint density at radius 3 is 2.09 bits per heavy atom. The Bertz CT molecular complexity index is 2180. The second kappa shape index (κ2) is 15.7. The minimum Gasteiger partial charge on any atom is -0.507 e. The van der Waals surface area contributed by atoms with E-state index in [9.17, 15) is 5.11 Å². The molecule has 3 aromatic carbocycles. The second-order valence-electron chi connectivity index (χ2n) is 11.9. The van der Waals surface area contributed by atoms with Gasteiger partial charge in [-0.3, -0.25) is 4.99 Å². The minimum atomic E-state index is -5.67. The number of fused-ring (bicyclic) bond motifs is 1. The van der Waals surface area contributed by atoms with Crippen molar-refractivity contribution in [3.63, 3.8) is 0 Å². The van der Waals surface area contributed by atoms with Crippen LogP contribution in [-0.4, -0.2) is 57.7 Å². The Balaban J connectivity index is 0.00000119. The molecule has 0 atom stereocenters. The third-order valence-electron chi connectivity index (χ3n) is 8.76. The molecule has 0 unspecified atom stereocenters. The molecule has 276 valence electrons. The summed E-state index contributed by atoms with van der Waals surface area (Å²) >= 11 is 1.05. The first-order valence-corrected chi connectivity index (χ1v) is 16.8. The van der Waals surface area contributed by atoms with Crippen LogP contribution in [0.1, 0.15) is 46.7 Å². The number of benzene rings is 3. The topological polar surface area (TPSA) is 110 Å². The number of aliphatic imine (C=N–C) groups is 1. The van der Waals surface area contributed by atoms with Crippen LogP contribution in [0.3, 0.4) is 0 Å². The number of hydrogen-bond donors (Lipinski definition) is 3. The number of thiophene rings is 1. The predicted octanol–water partition coefficient (Wildman–Crippen LogP) is 10.3. The third kappa shape index (κ3) is 7.57. The zero-order valence-corrected chi connectivity index (χ0v) is 32.8. The van der Waals surface area contributed by atoms with E-state index in [0.717, 1.165) is 35.7 Å². The summed E-state index contributed by atoms with van der Waals surface area (Å²) in [6.45, 7) is 8.73. The zero-order valence-electron chi connectivity index (χ0n) is 29.0. The molecule has 6 rings (SSSR count). The average Bonchev–Trinajstić information content (AvgIpc) is 3.65. The van der Waals surface area contributed by atoms with Gasteiger partial charge in [0.25, 0.3) is 0 Å². The van der Waals surface area contributed by atoms with E-state index in [1.165, 1.54) is 38.1 Å². The number of halogens is 6. The molecule has 2 heterocycles.